The predicted molar refractivity (Wildman–Crippen MR) is 62.5 cm³/mol. The molecule has 0 saturated carbocycles. The molecule has 80 valence electrons. The molecule has 0 unspecified atom stereocenters. The van der Waals surface area contributed by atoms with E-state index in [0.717, 1.165) is 30.4 Å². The van der Waals surface area contributed by atoms with Crippen molar-refractivity contribution in [2.24, 2.45) is 0 Å². The number of alkyl halides is 1. The zero-order valence-electron chi connectivity index (χ0n) is 8.37. The summed E-state index contributed by atoms with van der Waals surface area (Å²) < 4.78 is 1.77. The molecule has 0 spiro atoms. The molecule has 1 heterocycles. The zero-order valence-corrected chi connectivity index (χ0v) is 9.13. The van der Waals surface area contributed by atoms with Gasteiger partial charge in [0.25, 0.3) is 0 Å². The lowest BCUT2D eigenvalue weighted by Crippen LogP contribution is -2.16. The van der Waals surface area contributed by atoms with Gasteiger partial charge in [-0.1, -0.05) is 12.1 Å². The summed E-state index contributed by atoms with van der Waals surface area (Å²) in [6.07, 6.45) is 1.87. The Morgan fingerprint density at radius 3 is 2.87 bits per heavy atom. The van der Waals surface area contributed by atoms with Crippen LogP contribution in [0.4, 0.5) is 0 Å². The van der Waals surface area contributed by atoms with Gasteiger partial charge in [-0.2, -0.15) is 0 Å². The smallest absolute Gasteiger partial charge is 0.306 e. The molecular weight excluding hydrogens is 212 g/mol. The first-order chi connectivity index (χ1) is 7.33. The van der Waals surface area contributed by atoms with Crippen molar-refractivity contribution in [1.82, 2.24) is 9.55 Å². The van der Waals surface area contributed by atoms with Crippen molar-refractivity contribution in [2.75, 3.05) is 5.88 Å². The molecule has 0 fully saturated rings. The van der Waals surface area contributed by atoms with Gasteiger partial charge in [0.05, 0.1) is 11.0 Å². The fourth-order valence-electron chi connectivity index (χ4n) is 1.69. The van der Waals surface area contributed by atoms with E-state index in [1.54, 1.807) is 4.57 Å². The quantitative estimate of drug-likeness (QED) is 0.628. The Kier molecular flexibility index (Phi) is 3.11. The molecule has 0 bridgehead atoms. The summed E-state index contributed by atoms with van der Waals surface area (Å²) in [7, 11) is 0. The molecule has 0 radical (unpaired) electrons. The number of nitrogens with zero attached hydrogens (tertiary/aromatic N) is 1. The van der Waals surface area contributed by atoms with Gasteiger partial charge in [0, 0.05) is 12.4 Å². The van der Waals surface area contributed by atoms with Crippen LogP contribution in [0.15, 0.2) is 29.1 Å². The molecule has 1 N–H and O–H groups in total. The molecule has 4 heteroatoms. The Hall–Kier alpha value is -1.22. The molecule has 0 aliphatic heterocycles. The first kappa shape index (κ1) is 10.3. The largest absolute Gasteiger partial charge is 0.326 e. The molecule has 0 aliphatic rings. The van der Waals surface area contributed by atoms with Gasteiger partial charge in [0.2, 0.25) is 0 Å². The van der Waals surface area contributed by atoms with Gasteiger partial charge in [-0.05, 0) is 25.0 Å². The first-order valence-electron chi connectivity index (χ1n) is 5.06. The van der Waals surface area contributed by atoms with Gasteiger partial charge in [0.1, 0.15) is 0 Å². The number of hydrogen-bond acceptors (Lipinski definition) is 1. The normalized spacial score (nSPS) is 11.0. The SMILES string of the molecule is O=c1[nH]c2ccccc2n1CCCCCl. The molecule has 0 saturated heterocycles. The molecule has 2 rings (SSSR count). The number of H-pyrrole nitrogens is 1. The van der Waals surface area contributed by atoms with Crippen LogP contribution < -0.4 is 5.69 Å². The predicted octanol–water partition coefficient (Wildman–Crippen LogP) is 2.35. The summed E-state index contributed by atoms with van der Waals surface area (Å²) in [6, 6.07) is 7.72. The standard InChI is InChI=1S/C11H13ClN2O/c12-7-3-4-8-14-10-6-2-1-5-9(10)13-11(14)15/h1-2,5-6H,3-4,7-8H2,(H,13,15). The first-order valence-corrected chi connectivity index (χ1v) is 5.60. The number of aryl methyl sites for hydroxylation is 1. The Bertz CT molecular complexity index is 501. The molecule has 0 atom stereocenters. The number of aromatic nitrogens is 2. The summed E-state index contributed by atoms with van der Waals surface area (Å²) in [5.74, 6) is 0.650. The average Bonchev–Trinajstić information content (AvgIpc) is 2.56. The number of benzene rings is 1. The van der Waals surface area contributed by atoms with Crippen LogP contribution in [0.25, 0.3) is 11.0 Å². The Balaban J connectivity index is 2.33. The van der Waals surface area contributed by atoms with E-state index in [9.17, 15) is 4.79 Å². The number of imidazole rings is 1. The van der Waals surface area contributed by atoms with Crippen LogP contribution in [-0.2, 0) is 6.54 Å². The molecule has 2 aromatic rings. The second kappa shape index (κ2) is 4.53. The van der Waals surface area contributed by atoms with E-state index in [1.807, 2.05) is 24.3 Å². The maximum atomic E-state index is 11.6. The van der Waals surface area contributed by atoms with Crippen LogP contribution in [0.1, 0.15) is 12.8 Å². The minimum atomic E-state index is -0.0363. The summed E-state index contributed by atoms with van der Waals surface area (Å²) in [5, 5.41) is 0. The molecule has 3 nitrogen and oxygen atoms in total. The zero-order chi connectivity index (χ0) is 10.7. The third-order valence-electron chi connectivity index (χ3n) is 2.45. The second-order valence-corrected chi connectivity index (χ2v) is 3.87. The summed E-state index contributed by atoms with van der Waals surface area (Å²) in [6.45, 7) is 0.732. The molecule has 0 amide bonds. The van der Waals surface area contributed by atoms with Crippen molar-refractivity contribution in [3.63, 3.8) is 0 Å². The Morgan fingerprint density at radius 2 is 2.07 bits per heavy atom. The van der Waals surface area contributed by atoms with Crippen molar-refractivity contribution in [3.05, 3.63) is 34.7 Å². The highest BCUT2D eigenvalue weighted by molar-refractivity contribution is 6.17. The lowest BCUT2D eigenvalue weighted by Gasteiger charge is -2.01. The van der Waals surface area contributed by atoms with Crippen molar-refractivity contribution in [3.8, 4) is 0 Å². The number of para-hydroxylation sites is 2. The number of hydrogen-bond donors (Lipinski definition) is 1. The van der Waals surface area contributed by atoms with Gasteiger partial charge >= 0.3 is 5.69 Å². The molecular formula is C11H13ClN2O. The van der Waals surface area contributed by atoms with Crippen molar-refractivity contribution < 1.29 is 0 Å². The average molecular weight is 225 g/mol. The summed E-state index contributed by atoms with van der Waals surface area (Å²) in [5.41, 5.74) is 1.83. The number of halogens is 1. The van der Waals surface area contributed by atoms with E-state index in [2.05, 4.69) is 4.98 Å². The van der Waals surface area contributed by atoms with Crippen molar-refractivity contribution in [1.29, 1.82) is 0 Å². The van der Waals surface area contributed by atoms with E-state index in [4.69, 9.17) is 11.6 Å². The highest BCUT2D eigenvalue weighted by Gasteiger charge is 2.04. The number of nitrogens with one attached hydrogen (secondary N) is 1. The van der Waals surface area contributed by atoms with Gasteiger partial charge < -0.3 is 4.98 Å². The second-order valence-electron chi connectivity index (χ2n) is 3.50. The van der Waals surface area contributed by atoms with Gasteiger partial charge in [0.15, 0.2) is 0 Å². The lowest BCUT2D eigenvalue weighted by atomic mass is 10.3. The fourth-order valence-corrected chi connectivity index (χ4v) is 1.88. The van der Waals surface area contributed by atoms with Crippen LogP contribution in [-0.4, -0.2) is 15.4 Å². The van der Waals surface area contributed by atoms with Crippen LogP contribution in [0.3, 0.4) is 0 Å². The summed E-state index contributed by atoms with van der Waals surface area (Å²) in [4.78, 5) is 14.4. The monoisotopic (exact) mass is 224 g/mol. The maximum absolute atomic E-state index is 11.6. The molecule has 0 aliphatic carbocycles. The maximum Gasteiger partial charge on any atom is 0.326 e. The lowest BCUT2D eigenvalue weighted by molar-refractivity contribution is 0.631. The Morgan fingerprint density at radius 1 is 1.27 bits per heavy atom. The van der Waals surface area contributed by atoms with Gasteiger partial charge in [-0.15, -0.1) is 11.6 Å². The van der Waals surface area contributed by atoms with Crippen molar-refractivity contribution in [2.45, 2.75) is 19.4 Å². The highest BCUT2D eigenvalue weighted by Crippen LogP contribution is 2.09. The number of rotatable bonds is 4. The van der Waals surface area contributed by atoms with E-state index in [-0.39, 0.29) is 5.69 Å². The number of fused-ring (bicyclic) bond motifs is 1. The molecule has 1 aromatic carbocycles. The van der Waals surface area contributed by atoms with Crippen LogP contribution >= 0.6 is 11.6 Å². The fraction of sp³-hybridized carbons (Fsp3) is 0.364. The van der Waals surface area contributed by atoms with Crippen LogP contribution in [0, 0.1) is 0 Å². The number of unbranched alkanes of at least 4 members (excludes halogenated alkanes) is 1. The third-order valence-corrected chi connectivity index (χ3v) is 2.71. The van der Waals surface area contributed by atoms with E-state index >= 15 is 0 Å². The minimum Gasteiger partial charge on any atom is -0.306 e. The van der Waals surface area contributed by atoms with E-state index in [1.165, 1.54) is 0 Å². The molecule has 15 heavy (non-hydrogen) atoms. The van der Waals surface area contributed by atoms with E-state index < -0.39 is 0 Å². The highest BCUT2D eigenvalue weighted by atomic mass is 35.5. The Labute approximate surface area is 92.7 Å². The topological polar surface area (TPSA) is 37.8 Å². The molecule has 1 aromatic heterocycles. The third kappa shape index (κ3) is 2.07. The minimum absolute atomic E-state index is 0.0363. The number of aromatic amines is 1. The van der Waals surface area contributed by atoms with Gasteiger partial charge in [-0.25, -0.2) is 4.79 Å². The summed E-state index contributed by atoms with van der Waals surface area (Å²) >= 11 is 5.60. The van der Waals surface area contributed by atoms with Gasteiger partial charge in [-0.3, -0.25) is 4.57 Å². The van der Waals surface area contributed by atoms with Crippen LogP contribution in [0.5, 0.6) is 0 Å². The van der Waals surface area contributed by atoms with E-state index in [0.29, 0.717) is 5.88 Å². The van der Waals surface area contributed by atoms with Crippen LogP contribution in [0.2, 0.25) is 0 Å². The van der Waals surface area contributed by atoms with Crippen molar-refractivity contribution >= 4 is 22.6 Å².